The highest BCUT2D eigenvalue weighted by Gasteiger charge is 2.08. The summed E-state index contributed by atoms with van der Waals surface area (Å²) in [5.74, 6) is 0.953. The van der Waals surface area contributed by atoms with Gasteiger partial charge in [0.15, 0.2) is 0 Å². The number of esters is 1. The number of nitrogens with zero attached hydrogens (tertiary/aromatic N) is 4. The molecule has 7 nitrogen and oxygen atoms in total. The molecule has 0 saturated heterocycles. The van der Waals surface area contributed by atoms with Gasteiger partial charge in [0.1, 0.15) is 24.2 Å². The molecule has 0 amide bonds. The molecule has 0 fully saturated rings. The van der Waals surface area contributed by atoms with Crippen LogP contribution in [0.4, 0.5) is 0 Å². The van der Waals surface area contributed by atoms with Gasteiger partial charge in [-0.25, -0.2) is 9.47 Å². The van der Waals surface area contributed by atoms with Gasteiger partial charge in [0.25, 0.3) is 0 Å². The fourth-order valence-electron chi connectivity index (χ4n) is 1.94. The quantitative estimate of drug-likeness (QED) is 0.534. The molecule has 0 spiro atoms. The lowest BCUT2D eigenvalue weighted by Crippen LogP contribution is -2.03. The van der Waals surface area contributed by atoms with Crippen LogP contribution < -0.4 is 0 Å². The number of hydrogen-bond donors (Lipinski definition) is 0. The van der Waals surface area contributed by atoms with E-state index in [1.165, 1.54) is 17.3 Å². The maximum absolute atomic E-state index is 11.6. The van der Waals surface area contributed by atoms with E-state index in [2.05, 4.69) is 15.3 Å². The molecule has 0 saturated carbocycles. The Morgan fingerprint density at radius 2 is 1.96 bits per heavy atom. The summed E-state index contributed by atoms with van der Waals surface area (Å²) in [6, 6.07) is 10.7. The second-order valence-corrected chi connectivity index (χ2v) is 4.59. The van der Waals surface area contributed by atoms with Crippen LogP contribution in [0.2, 0.25) is 0 Å². The van der Waals surface area contributed by atoms with Crippen molar-refractivity contribution in [2.75, 3.05) is 6.61 Å². The molecule has 3 rings (SSSR count). The van der Waals surface area contributed by atoms with E-state index in [1.807, 2.05) is 24.3 Å². The minimum absolute atomic E-state index is 0.333. The maximum atomic E-state index is 11.6. The van der Waals surface area contributed by atoms with E-state index in [4.69, 9.17) is 9.15 Å². The molecule has 1 aromatic carbocycles. The summed E-state index contributed by atoms with van der Waals surface area (Å²) in [6.07, 6.45) is 4.53. The lowest BCUT2D eigenvalue weighted by Gasteiger charge is -2.02. The van der Waals surface area contributed by atoms with Crippen LogP contribution in [-0.4, -0.2) is 33.7 Å². The fraction of sp³-hybridized carbons (Fsp3) is 0.125. The summed E-state index contributed by atoms with van der Waals surface area (Å²) in [7, 11) is 0. The van der Waals surface area contributed by atoms with Crippen molar-refractivity contribution >= 4 is 12.2 Å². The summed E-state index contributed by atoms with van der Waals surface area (Å²) in [6.45, 7) is 2.13. The van der Waals surface area contributed by atoms with E-state index in [9.17, 15) is 4.79 Å². The van der Waals surface area contributed by atoms with Gasteiger partial charge in [0, 0.05) is 5.56 Å². The normalized spacial score (nSPS) is 11.0. The van der Waals surface area contributed by atoms with Crippen molar-refractivity contribution in [2.24, 2.45) is 5.10 Å². The highest BCUT2D eigenvalue weighted by Crippen LogP contribution is 2.22. The lowest BCUT2D eigenvalue weighted by molar-refractivity contribution is 0.0526. The zero-order chi connectivity index (χ0) is 16.1. The number of rotatable bonds is 5. The van der Waals surface area contributed by atoms with E-state index < -0.39 is 0 Å². The Kier molecular flexibility index (Phi) is 4.28. The van der Waals surface area contributed by atoms with E-state index >= 15 is 0 Å². The Morgan fingerprint density at radius 3 is 2.65 bits per heavy atom. The van der Waals surface area contributed by atoms with Gasteiger partial charge in [0.2, 0.25) is 0 Å². The predicted octanol–water partition coefficient (Wildman–Crippen LogP) is 2.60. The minimum Gasteiger partial charge on any atom is -0.462 e. The molecule has 0 unspecified atom stereocenters. The van der Waals surface area contributed by atoms with Crippen molar-refractivity contribution < 1.29 is 13.9 Å². The average molecular weight is 310 g/mol. The van der Waals surface area contributed by atoms with Gasteiger partial charge in [-0.15, -0.1) is 10.2 Å². The van der Waals surface area contributed by atoms with Gasteiger partial charge in [-0.05, 0) is 31.2 Å². The molecule has 0 radical (unpaired) electrons. The molecule has 0 aliphatic heterocycles. The van der Waals surface area contributed by atoms with Crippen LogP contribution >= 0.6 is 0 Å². The molecule has 116 valence electrons. The van der Waals surface area contributed by atoms with Gasteiger partial charge in [0.05, 0.1) is 18.4 Å². The third-order valence-electron chi connectivity index (χ3n) is 3.03. The zero-order valence-corrected chi connectivity index (χ0v) is 12.4. The van der Waals surface area contributed by atoms with E-state index in [1.54, 1.807) is 25.3 Å². The summed E-state index contributed by atoms with van der Waals surface area (Å²) in [4.78, 5) is 11.6. The van der Waals surface area contributed by atoms with E-state index in [-0.39, 0.29) is 5.97 Å². The fourth-order valence-corrected chi connectivity index (χ4v) is 1.94. The average Bonchev–Trinajstić information content (AvgIpc) is 3.25. The first kappa shape index (κ1) is 14.7. The Labute approximate surface area is 132 Å². The summed E-state index contributed by atoms with van der Waals surface area (Å²) >= 11 is 0. The first-order valence-corrected chi connectivity index (χ1v) is 7.02. The van der Waals surface area contributed by atoms with Crippen LogP contribution in [0.5, 0.6) is 0 Å². The van der Waals surface area contributed by atoms with Crippen LogP contribution in [0, 0.1) is 0 Å². The highest BCUT2D eigenvalue weighted by molar-refractivity contribution is 5.90. The Morgan fingerprint density at radius 1 is 1.22 bits per heavy atom. The SMILES string of the molecule is CCOC(=O)c1ccc(-c2ccc(C=Nn3cnnc3)o2)cc1. The molecular weight excluding hydrogens is 296 g/mol. The molecule has 0 bridgehead atoms. The molecule has 23 heavy (non-hydrogen) atoms. The maximum Gasteiger partial charge on any atom is 0.338 e. The third-order valence-corrected chi connectivity index (χ3v) is 3.03. The van der Waals surface area contributed by atoms with Crippen molar-refractivity contribution in [3.8, 4) is 11.3 Å². The second kappa shape index (κ2) is 6.69. The minimum atomic E-state index is -0.333. The van der Waals surface area contributed by atoms with Gasteiger partial charge in [-0.1, -0.05) is 12.1 Å². The van der Waals surface area contributed by atoms with Crippen LogP contribution in [0.25, 0.3) is 11.3 Å². The standard InChI is InChI=1S/C16H14N4O3/c1-2-22-16(21)13-5-3-12(4-6-13)15-8-7-14(23-15)9-19-20-10-17-18-11-20/h3-11H,2H2,1H3. The van der Waals surface area contributed by atoms with Crippen LogP contribution in [0.3, 0.4) is 0 Å². The number of benzene rings is 1. The number of carbonyl (C=O) groups is 1. The summed E-state index contributed by atoms with van der Waals surface area (Å²) in [5.41, 5.74) is 1.37. The number of aromatic nitrogens is 3. The highest BCUT2D eigenvalue weighted by atomic mass is 16.5. The Hall–Kier alpha value is -3.22. The van der Waals surface area contributed by atoms with Crippen molar-refractivity contribution in [3.05, 3.63) is 60.4 Å². The summed E-state index contributed by atoms with van der Waals surface area (Å²) in [5, 5.41) is 11.4. The summed E-state index contributed by atoms with van der Waals surface area (Å²) < 4.78 is 12.1. The van der Waals surface area contributed by atoms with E-state index in [0.717, 1.165) is 5.56 Å². The first-order chi connectivity index (χ1) is 11.3. The van der Waals surface area contributed by atoms with Crippen molar-refractivity contribution in [2.45, 2.75) is 6.92 Å². The molecule has 2 heterocycles. The predicted molar refractivity (Wildman–Crippen MR) is 83.1 cm³/mol. The largest absolute Gasteiger partial charge is 0.462 e. The topological polar surface area (TPSA) is 82.5 Å². The Bertz CT molecular complexity index is 804. The van der Waals surface area contributed by atoms with Crippen molar-refractivity contribution in [3.63, 3.8) is 0 Å². The van der Waals surface area contributed by atoms with Gasteiger partial charge >= 0.3 is 5.97 Å². The second-order valence-electron chi connectivity index (χ2n) is 4.59. The molecule has 7 heteroatoms. The number of furan rings is 1. The van der Waals surface area contributed by atoms with E-state index in [0.29, 0.717) is 23.7 Å². The van der Waals surface area contributed by atoms with Crippen LogP contribution in [0.1, 0.15) is 23.0 Å². The van der Waals surface area contributed by atoms with Crippen molar-refractivity contribution in [1.82, 2.24) is 14.9 Å². The van der Waals surface area contributed by atoms with Crippen LogP contribution in [-0.2, 0) is 4.74 Å². The zero-order valence-electron chi connectivity index (χ0n) is 12.4. The first-order valence-electron chi connectivity index (χ1n) is 7.02. The molecular formula is C16H14N4O3. The smallest absolute Gasteiger partial charge is 0.338 e. The van der Waals surface area contributed by atoms with Gasteiger partial charge in [-0.3, -0.25) is 0 Å². The molecule has 0 atom stereocenters. The molecule has 0 aliphatic carbocycles. The van der Waals surface area contributed by atoms with Gasteiger partial charge < -0.3 is 9.15 Å². The lowest BCUT2D eigenvalue weighted by atomic mass is 10.1. The van der Waals surface area contributed by atoms with Crippen molar-refractivity contribution in [1.29, 1.82) is 0 Å². The monoisotopic (exact) mass is 310 g/mol. The number of hydrogen-bond acceptors (Lipinski definition) is 6. The Balaban J connectivity index is 1.74. The van der Waals surface area contributed by atoms with Gasteiger partial charge in [-0.2, -0.15) is 5.10 Å². The molecule has 0 N–H and O–H groups in total. The molecule has 0 aliphatic rings. The molecule has 2 aromatic heterocycles. The number of ether oxygens (including phenoxy) is 1. The molecule has 3 aromatic rings. The van der Waals surface area contributed by atoms with Crippen LogP contribution in [0.15, 0.2) is 58.6 Å². The third kappa shape index (κ3) is 3.52. The number of carbonyl (C=O) groups excluding carboxylic acids is 1.